The maximum atomic E-state index is 12.2. The largest absolute Gasteiger partial charge is 0.346 e. The van der Waals surface area contributed by atoms with Gasteiger partial charge in [-0.15, -0.1) is 0 Å². The van der Waals surface area contributed by atoms with Gasteiger partial charge < -0.3 is 5.32 Å². The molecule has 1 N–H and O–H groups in total. The summed E-state index contributed by atoms with van der Waals surface area (Å²) in [5.74, 6) is 0.477. The molecule has 1 amide bonds. The van der Waals surface area contributed by atoms with Crippen molar-refractivity contribution in [2.45, 2.75) is 32.7 Å². The highest BCUT2D eigenvalue weighted by Crippen LogP contribution is 2.28. The van der Waals surface area contributed by atoms with Crippen molar-refractivity contribution in [3.8, 4) is 0 Å². The molecule has 0 radical (unpaired) electrons. The van der Waals surface area contributed by atoms with E-state index in [0.29, 0.717) is 11.5 Å². The lowest BCUT2D eigenvalue weighted by atomic mass is 9.83. The maximum Gasteiger partial charge on any atom is 0.251 e. The standard InChI is InChI=1S/C17H21NO/c1-12(2)15-10-9-13(3)16(11-15)18-17(19)14-7-5-4-6-8-14/h4-9,15-16H,1,10-11H2,2-3H3,(H,18,19)/t15-,16+/m0/s1. The molecule has 1 aromatic carbocycles. The molecule has 2 heteroatoms. The minimum atomic E-state index is 0.000662. The highest BCUT2D eigenvalue weighted by atomic mass is 16.1. The highest BCUT2D eigenvalue weighted by molar-refractivity contribution is 5.94. The number of benzene rings is 1. The lowest BCUT2D eigenvalue weighted by Gasteiger charge is -2.29. The lowest BCUT2D eigenvalue weighted by molar-refractivity contribution is 0.0937. The van der Waals surface area contributed by atoms with Gasteiger partial charge in [0, 0.05) is 5.56 Å². The van der Waals surface area contributed by atoms with Crippen molar-refractivity contribution in [1.29, 1.82) is 0 Å². The van der Waals surface area contributed by atoms with Crippen LogP contribution in [-0.2, 0) is 0 Å². The van der Waals surface area contributed by atoms with Crippen LogP contribution in [0.2, 0.25) is 0 Å². The Balaban J connectivity index is 2.06. The molecule has 100 valence electrons. The van der Waals surface area contributed by atoms with Crippen LogP contribution in [0.4, 0.5) is 0 Å². The number of nitrogens with one attached hydrogen (secondary N) is 1. The average Bonchev–Trinajstić information content (AvgIpc) is 2.42. The third-order valence-corrected chi connectivity index (χ3v) is 3.83. The number of rotatable bonds is 3. The van der Waals surface area contributed by atoms with Crippen molar-refractivity contribution in [2.24, 2.45) is 5.92 Å². The first kappa shape index (κ1) is 13.6. The molecule has 2 rings (SSSR count). The molecular weight excluding hydrogens is 234 g/mol. The summed E-state index contributed by atoms with van der Waals surface area (Å²) in [6.07, 6.45) is 4.22. The van der Waals surface area contributed by atoms with Crippen LogP contribution in [-0.4, -0.2) is 11.9 Å². The maximum absolute atomic E-state index is 12.2. The Labute approximate surface area is 115 Å². The molecule has 0 saturated carbocycles. The predicted octanol–water partition coefficient (Wildman–Crippen LogP) is 3.72. The van der Waals surface area contributed by atoms with Crippen LogP contribution in [0, 0.1) is 5.92 Å². The molecule has 0 aromatic heterocycles. The zero-order valence-electron chi connectivity index (χ0n) is 11.6. The molecule has 0 spiro atoms. The number of hydrogen-bond acceptors (Lipinski definition) is 1. The van der Waals surface area contributed by atoms with E-state index < -0.39 is 0 Å². The Hall–Kier alpha value is -1.83. The molecule has 0 fully saturated rings. The zero-order valence-corrected chi connectivity index (χ0v) is 11.6. The van der Waals surface area contributed by atoms with Crippen LogP contribution in [0.5, 0.6) is 0 Å². The van der Waals surface area contributed by atoms with E-state index >= 15 is 0 Å². The summed E-state index contributed by atoms with van der Waals surface area (Å²) in [6.45, 7) is 8.19. The van der Waals surface area contributed by atoms with E-state index in [-0.39, 0.29) is 11.9 Å². The van der Waals surface area contributed by atoms with Crippen molar-refractivity contribution in [1.82, 2.24) is 5.32 Å². The Morgan fingerprint density at radius 2 is 2.00 bits per heavy atom. The minimum Gasteiger partial charge on any atom is -0.346 e. The van der Waals surface area contributed by atoms with Gasteiger partial charge in [-0.25, -0.2) is 0 Å². The number of allylic oxidation sites excluding steroid dienone is 2. The fraction of sp³-hybridized carbons (Fsp3) is 0.353. The molecule has 0 bridgehead atoms. The van der Waals surface area contributed by atoms with Gasteiger partial charge in [-0.1, -0.05) is 42.0 Å². The fourth-order valence-corrected chi connectivity index (χ4v) is 2.44. The minimum absolute atomic E-state index is 0.000662. The van der Waals surface area contributed by atoms with Gasteiger partial charge in [0.05, 0.1) is 6.04 Å². The van der Waals surface area contributed by atoms with E-state index in [9.17, 15) is 4.79 Å². The Kier molecular flexibility index (Phi) is 4.20. The van der Waals surface area contributed by atoms with E-state index in [1.807, 2.05) is 30.3 Å². The number of carbonyl (C=O) groups excluding carboxylic acids is 1. The van der Waals surface area contributed by atoms with Crippen molar-refractivity contribution >= 4 is 5.91 Å². The van der Waals surface area contributed by atoms with Gasteiger partial charge in [-0.2, -0.15) is 0 Å². The van der Waals surface area contributed by atoms with Crippen molar-refractivity contribution in [3.63, 3.8) is 0 Å². The van der Waals surface area contributed by atoms with Crippen LogP contribution in [0.15, 0.2) is 54.1 Å². The molecule has 1 aromatic rings. The van der Waals surface area contributed by atoms with E-state index in [2.05, 4.69) is 31.8 Å². The van der Waals surface area contributed by atoms with Crippen molar-refractivity contribution < 1.29 is 4.79 Å². The van der Waals surface area contributed by atoms with Gasteiger partial charge in [0.1, 0.15) is 0 Å². The molecule has 1 aliphatic rings. The summed E-state index contributed by atoms with van der Waals surface area (Å²) < 4.78 is 0. The van der Waals surface area contributed by atoms with Crippen LogP contribution in [0.25, 0.3) is 0 Å². The summed E-state index contributed by atoms with van der Waals surface area (Å²) in [6, 6.07) is 9.49. The summed E-state index contributed by atoms with van der Waals surface area (Å²) >= 11 is 0. The monoisotopic (exact) mass is 255 g/mol. The molecule has 2 nitrogen and oxygen atoms in total. The second-order valence-corrected chi connectivity index (χ2v) is 5.35. The SMILES string of the molecule is C=C(C)[C@H]1CC=C(C)[C@H](NC(=O)c2ccccc2)C1. The second kappa shape index (κ2) is 5.87. The number of amides is 1. The Morgan fingerprint density at radius 1 is 1.32 bits per heavy atom. The lowest BCUT2D eigenvalue weighted by Crippen LogP contribution is -2.38. The summed E-state index contributed by atoms with van der Waals surface area (Å²) in [5.41, 5.74) is 3.16. The molecule has 0 saturated heterocycles. The predicted molar refractivity (Wildman–Crippen MR) is 79.0 cm³/mol. The van der Waals surface area contributed by atoms with E-state index in [1.54, 1.807) is 0 Å². The van der Waals surface area contributed by atoms with E-state index in [4.69, 9.17) is 0 Å². The molecule has 1 aliphatic carbocycles. The molecular formula is C17H21NO. The van der Waals surface area contributed by atoms with Crippen LogP contribution >= 0.6 is 0 Å². The summed E-state index contributed by atoms with van der Waals surface area (Å²) in [5, 5.41) is 3.12. The fourth-order valence-electron chi connectivity index (χ4n) is 2.44. The quantitative estimate of drug-likeness (QED) is 0.819. The Bertz CT molecular complexity index is 501. The summed E-state index contributed by atoms with van der Waals surface area (Å²) in [4.78, 5) is 12.2. The first-order valence-electron chi connectivity index (χ1n) is 6.76. The Morgan fingerprint density at radius 3 is 2.63 bits per heavy atom. The smallest absolute Gasteiger partial charge is 0.251 e. The van der Waals surface area contributed by atoms with Gasteiger partial charge in [-0.3, -0.25) is 4.79 Å². The van der Waals surface area contributed by atoms with Crippen LogP contribution in [0.1, 0.15) is 37.0 Å². The van der Waals surface area contributed by atoms with Gasteiger partial charge in [0.15, 0.2) is 0 Å². The van der Waals surface area contributed by atoms with Gasteiger partial charge in [0.25, 0.3) is 5.91 Å². The zero-order chi connectivity index (χ0) is 13.8. The van der Waals surface area contributed by atoms with Crippen LogP contribution in [0.3, 0.4) is 0 Å². The third kappa shape index (κ3) is 3.34. The number of hydrogen-bond donors (Lipinski definition) is 1. The first-order valence-corrected chi connectivity index (χ1v) is 6.76. The van der Waals surface area contributed by atoms with Gasteiger partial charge in [-0.05, 0) is 44.7 Å². The van der Waals surface area contributed by atoms with E-state index in [1.165, 1.54) is 11.1 Å². The molecule has 0 aliphatic heterocycles. The molecule has 0 unspecified atom stereocenters. The third-order valence-electron chi connectivity index (χ3n) is 3.83. The van der Waals surface area contributed by atoms with Crippen molar-refractivity contribution in [2.75, 3.05) is 0 Å². The molecule has 2 atom stereocenters. The summed E-state index contributed by atoms with van der Waals surface area (Å²) in [7, 11) is 0. The first-order chi connectivity index (χ1) is 9.08. The average molecular weight is 255 g/mol. The van der Waals surface area contributed by atoms with Crippen LogP contribution < -0.4 is 5.32 Å². The van der Waals surface area contributed by atoms with E-state index in [0.717, 1.165) is 12.8 Å². The second-order valence-electron chi connectivity index (χ2n) is 5.35. The van der Waals surface area contributed by atoms with Crippen molar-refractivity contribution in [3.05, 3.63) is 59.7 Å². The normalized spacial score (nSPS) is 22.5. The highest BCUT2D eigenvalue weighted by Gasteiger charge is 2.24. The molecule has 19 heavy (non-hydrogen) atoms. The van der Waals surface area contributed by atoms with Gasteiger partial charge in [0.2, 0.25) is 0 Å². The molecule has 0 heterocycles. The number of carbonyl (C=O) groups is 1. The van der Waals surface area contributed by atoms with Gasteiger partial charge >= 0.3 is 0 Å². The topological polar surface area (TPSA) is 29.1 Å².